The number of urea groups is 1. The highest BCUT2D eigenvalue weighted by Crippen LogP contribution is 2.38. The van der Waals surface area contributed by atoms with Crippen molar-refractivity contribution in [2.75, 3.05) is 14.2 Å². The minimum Gasteiger partial charge on any atom is -0.504 e. The first-order chi connectivity index (χ1) is 10.4. The molecule has 118 valence electrons. The molecule has 1 atom stereocenters. The molecule has 2 amide bonds. The van der Waals surface area contributed by atoms with Crippen LogP contribution in [0, 0.1) is 0 Å². The zero-order chi connectivity index (χ0) is 16.4. The van der Waals surface area contributed by atoms with Crippen molar-refractivity contribution in [2.45, 2.75) is 13.0 Å². The fraction of sp³-hybridized carbons (Fsp3) is 0.286. The Morgan fingerprint density at radius 3 is 2.64 bits per heavy atom. The molecule has 0 saturated heterocycles. The average molecular weight is 371 g/mol. The summed E-state index contributed by atoms with van der Waals surface area (Å²) in [4.78, 5) is 23.8. The summed E-state index contributed by atoms with van der Waals surface area (Å²) in [5.41, 5.74) is 1.24. The number of phenolic OH excluding ortho intramolecular Hbond substituents is 1. The minimum atomic E-state index is -0.731. The number of phenols is 1. The quantitative estimate of drug-likeness (QED) is 0.706. The van der Waals surface area contributed by atoms with Crippen LogP contribution in [0.15, 0.2) is 27.9 Å². The largest absolute Gasteiger partial charge is 0.504 e. The van der Waals surface area contributed by atoms with Crippen LogP contribution < -0.4 is 15.4 Å². The van der Waals surface area contributed by atoms with Crippen molar-refractivity contribution < 1.29 is 24.2 Å². The van der Waals surface area contributed by atoms with Gasteiger partial charge in [-0.05, 0) is 24.6 Å². The molecule has 0 spiro atoms. The molecule has 0 saturated carbocycles. The predicted molar refractivity (Wildman–Crippen MR) is 81.5 cm³/mol. The number of hydrogen-bond donors (Lipinski definition) is 3. The number of allylic oxidation sites excluding steroid dienone is 1. The number of esters is 1. The van der Waals surface area contributed by atoms with Gasteiger partial charge in [0.1, 0.15) is 0 Å². The summed E-state index contributed by atoms with van der Waals surface area (Å²) in [7, 11) is 2.68. The van der Waals surface area contributed by atoms with Crippen LogP contribution in [-0.2, 0) is 9.53 Å². The number of halogens is 1. The van der Waals surface area contributed by atoms with Crippen molar-refractivity contribution in [3.05, 3.63) is 33.4 Å². The summed E-state index contributed by atoms with van der Waals surface area (Å²) in [6.07, 6.45) is 0. The Hall–Kier alpha value is -2.22. The van der Waals surface area contributed by atoms with Gasteiger partial charge < -0.3 is 25.2 Å². The van der Waals surface area contributed by atoms with Gasteiger partial charge in [-0.25, -0.2) is 9.59 Å². The number of aromatic hydroxyl groups is 1. The van der Waals surface area contributed by atoms with Crippen molar-refractivity contribution in [1.82, 2.24) is 10.6 Å². The molecule has 0 aromatic heterocycles. The maximum atomic E-state index is 12.0. The molecule has 1 aliphatic heterocycles. The van der Waals surface area contributed by atoms with Gasteiger partial charge in [-0.2, -0.15) is 0 Å². The second-order valence-electron chi connectivity index (χ2n) is 4.61. The summed E-state index contributed by atoms with van der Waals surface area (Å²) in [6.45, 7) is 1.61. The Bertz CT molecular complexity index is 671. The van der Waals surface area contributed by atoms with Crippen molar-refractivity contribution in [3.8, 4) is 11.5 Å². The summed E-state index contributed by atoms with van der Waals surface area (Å²) in [5, 5.41) is 15.0. The number of benzene rings is 1. The summed E-state index contributed by atoms with van der Waals surface area (Å²) >= 11 is 3.32. The first-order valence-electron chi connectivity index (χ1n) is 6.32. The van der Waals surface area contributed by atoms with Crippen molar-refractivity contribution in [3.63, 3.8) is 0 Å². The zero-order valence-corrected chi connectivity index (χ0v) is 13.8. The van der Waals surface area contributed by atoms with Crippen LogP contribution in [0.3, 0.4) is 0 Å². The third kappa shape index (κ3) is 2.87. The van der Waals surface area contributed by atoms with Gasteiger partial charge in [0.2, 0.25) is 0 Å². The van der Waals surface area contributed by atoms with Gasteiger partial charge in [-0.15, -0.1) is 0 Å². The number of carbonyl (C=O) groups excluding carboxylic acids is 2. The van der Waals surface area contributed by atoms with Crippen LogP contribution in [0.25, 0.3) is 0 Å². The molecular formula is C14H15BrN2O5. The molecule has 0 bridgehead atoms. The molecule has 1 unspecified atom stereocenters. The van der Waals surface area contributed by atoms with Gasteiger partial charge in [0.25, 0.3) is 0 Å². The van der Waals surface area contributed by atoms with Gasteiger partial charge in [-0.3, -0.25) is 0 Å². The van der Waals surface area contributed by atoms with E-state index in [4.69, 9.17) is 9.47 Å². The Balaban J connectivity index is 2.60. The third-order valence-electron chi connectivity index (χ3n) is 3.28. The van der Waals surface area contributed by atoms with E-state index in [1.807, 2.05) is 0 Å². The van der Waals surface area contributed by atoms with E-state index in [2.05, 4.69) is 26.6 Å². The number of hydrogen-bond acceptors (Lipinski definition) is 5. The van der Waals surface area contributed by atoms with Crippen molar-refractivity contribution >= 4 is 27.9 Å². The molecule has 1 heterocycles. The highest BCUT2D eigenvalue weighted by atomic mass is 79.9. The van der Waals surface area contributed by atoms with Crippen molar-refractivity contribution in [1.29, 1.82) is 0 Å². The summed E-state index contributed by atoms with van der Waals surface area (Å²) < 4.78 is 10.4. The van der Waals surface area contributed by atoms with Crippen LogP contribution in [-0.4, -0.2) is 31.3 Å². The van der Waals surface area contributed by atoms with E-state index in [1.165, 1.54) is 20.3 Å². The molecule has 0 aliphatic carbocycles. The Morgan fingerprint density at radius 1 is 1.36 bits per heavy atom. The fourth-order valence-electron chi connectivity index (χ4n) is 2.25. The van der Waals surface area contributed by atoms with E-state index in [-0.39, 0.29) is 17.1 Å². The second kappa shape index (κ2) is 6.27. The Kier molecular flexibility index (Phi) is 4.60. The number of ether oxygens (including phenoxy) is 2. The molecule has 0 radical (unpaired) electrons. The Labute approximate surface area is 135 Å². The first kappa shape index (κ1) is 16.2. The number of nitrogens with one attached hydrogen (secondary N) is 2. The molecule has 2 rings (SSSR count). The third-order valence-corrected chi connectivity index (χ3v) is 3.97. The van der Waals surface area contributed by atoms with E-state index in [1.54, 1.807) is 13.0 Å². The lowest BCUT2D eigenvalue weighted by atomic mass is 9.95. The number of rotatable bonds is 3. The molecule has 7 nitrogen and oxygen atoms in total. The molecule has 3 N–H and O–H groups in total. The SMILES string of the molecule is COC(=O)C1=C(C)NC(=O)NC1c1cc(OC)c(O)cc1Br. The van der Waals surface area contributed by atoms with Crippen LogP contribution >= 0.6 is 15.9 Å². The fourth-order valence-corrected chi connectivity index (χ4v) is 2.81. The molecule has 22 heavy (non-hydrogen) atoms. The monoisotopic (exact) mass is 370 g/mol. The van der Waals surface area contributed by atoms with Crippen LogP contribution in [0.4, 0.5) is 4.79 Å². The van der Waals surface area contributed by atoms with Gasteiger partial charge >= 0.3 is 12.0 Å². The smallest absolute Gasteiger partial charge is 0.337 e. The molecule has 1 aliphatic rings. The van der Waals surface area contributed by atoms with Gasteiger partial charge in [0.15, 0.2) is 11.5 Å². The standard InChI is InChI=1S/C14H15BrN2O5/c1-6-11(13(19)22-3)12(17-14(20)16-6)7-4-10(21-2)9(18)5-8(7)15/h4-5,12,18H,1-3H3,(H2,16,17,20). The van der Waals surface area contributed by atoms with E-state index >= 15 is 0 Å². The zero-order valence-electron chi connectivity index (χ0n) is 12.2. The molecule has 0 fully saturated rings. The highest BCUT2D eigenvalue weighted by Gasteiger charge is 2.33. The number of methoxy groups -OCH3 is 2. The van der Waals surface area contributed by atoms with E-state index in [9.17, 15) is 14.7 Å². The normalized spacial score (nSPS) is 17.6. The van der Waals surface area contributed by atoms with Gasteiger partial charge in [0.05, 0.1) is 25.8 Å². The second-order valence-corrected chi connectivity index (χ2v) is 5.46. The topological polar surface area (TPSA) is 96.9 Å². The molecular weight excluding hydrogens is 356 g/mol. The minimum absolute atomic E-state index is 0.0568. The van der Waals surface area contributed by atoms with Crippen LogP contribution in [0.1, 0.15) is 18.5 Å². The van der Waals surface area contributed by atoms with Crippen LogP contribution in [0.5, 0.6) is 11.5 Å². The first-order valence-corrected chi connectivity index (χ1v) is 7.11. The van der Waals surface area contributed by atoms with Gasteiger partial charge in [-0.1, -0.05) is 15.9 Å². The lowest BCUT2D eigenvalue weighted by Crippen LogP contribution is -2.45. The maximum absolute atomic E-state index is 12.0. The van der Waals surface area contributed by atoms with E-state index in [0.29, 0.717) is 15.7 Å². The highest BCUT2D eigenvalue weighted by molar-refractivity contribution is 9.10. The average Bonchev–Trinajstić information content (AvgIpc) is 2.46. The number of amides is 2. The summed E-state index contributed by atoms with van der Waals surface area (Å²) in [5.74, 6) is -0.388. The number of carbonyl (C=O) groups is 2. The van der Waals surface area contributed by atoms with Crippen LogP contribution in [0.2, 0.25) is 0 Å². The summed E-state index contributed by atoms with van der Waals surface area (Å²) in [6, 6.07) is 1.82. The van der Waals surface area contributed by atoms with E-state index < -0.39 is 18.0 Å². The maximum Gasteiger partial charge on any atom is 0.337 e. The molecule has 8 heteroatoms. The van der Waals surface area contributed by atoms with Crippen molar-refractivity contribution in [2.24, 2.45) is 0 Å². The molecule has 1 aromatic carbocycles. The molecule has 1 aromatic rings. The lowest BCUT2D eigenvalue weighted by molar-refractivity contribution is -0.136. The predicted octanol–water partition coefficient (Wildman–Crippen LogP) is 1.96. The van der Waals surface area contributed by atoms with Gasteiger partial charge in [0, 0.05) is 10.2 Å². The Morgan fingerprint density at radius 2 is 2.05 bits per heavy atom. The van der Waals surface area contributed by atoms with E-state index in [0.717, 1.165) is 0 Å². The lowest BCUT2D eigenvalue weighted by Gasteiger charge is -2.28.